The van der Waals surface area contributed by atoms with Crippen LogP contribution in [0.1, 0.15) is 16.8 Å². The Labute approximate surface area is 197 Å². The second-order valence-corrected chi connectivity index (χ2v) is 9.18. The first-order valence-corrected chi connectivity index (χ1v) is 11.5. The lowest BCUT2D eigenvalue weighted by atomic mass is 10.2. The highest BCUT2D eigenvalue weighted by molar-refractivity contribution is 6.34. The number of aromatic nitrogens is 2. The molecule has 8 nitrogen and oxygen atoms in total. The molecule has 0 aliphatic carbocycles. The Morgan fingerprint density at radius 3 is 2.70 bits per heavy atom. The Kier molecular flexibility index (Phi) is 4.85. The van der Waals surface area contributed by atoms with Crippen LogP contribution in [0, 0.1) is 0 Å². The molecule has 2 fully saturated rings. The zero-order valence-electron chi connectivity index (χ0n) is 18.2. The molecular weight excluding hydrogens is 438 g/mol. The zero-order valence-corrected chi connectivity index (χ0v) is 19.0. The van der Waals surface area contributed by atoms with E-state index >= 15 is 0 Å². The van der Waals surface area contributed by atoms with E-state index in [1.54, 1.807) is 17.2 Å². The fourth-order valence-corrected chi connectivity index (χ4v) is 5.20. The molecule has 2 bridgehead atoms. The third kappa shape index (κ3) is 3.55. The van der Waals surface area contributed by atoms with Crippen LogP contribution in [0.3, 0.4) is 0 Å². The third-order valence-electron chi connectivity index (χ3n) is 6.61. The van der Waals surface area contributed by atoms with Crippen molar-refractivity contribution in [2.24, 2.45) is 0 Å². The van der Waals surface area contributed by atoms with Crippen molar-refractivity contribution >= 4 is 46.3 Å². The summed E-state index contributed by atoms with van der Waals surface area (Å²) < 4.78 is 0. The number of hydrogen-bond donors (Lipinski definition) is 2. The normalized spacial score (nSPS) is 21.5. The minimum Gasteiger partial charge on any atom is -0.366 e. The van der Waals surface area contributed by atoms with E-state index in [4.69, 9.17) is 11.6 Å². The molecule has 2 N–H and O–H groups in total. The van der Waals surface area contributed by atoms with Gasteiger partial charge in [-0.05, 0) is 42.8 Å². The maximum atomic E-state index is 13.1. The molecule has 6 rings (SSSR count). The molecule has 168 valence electrons. The number of benzene rings is 2. The minimum absolute atomic E-state index is 0.165. The Morgan fingerprint density at radius 1 is 1.15 bits per heavy atom. The number of anilines is 5. The van der Waals surface area contributed by atoms with Crippen LogP contribution in [0.25, 0.3) is 0 Å². The molecule has 3 aromatic rings. The monoisotopic (exact) mass is 461 g/mol. The predicted molar refractivity (Wildman–Crippen MR) is 131 cm³/mol. The van der Waals surface area contributed by atoms with E-state index in [1.165, 1.54) is 12.1 Å². The lowest BCUT2D eigenvalue weighted by Crippen LogP contribution is -2.46. The minimum atomic E-state index is -0.165. The number of rotatable bonds is 4. The number of halogens is 1. The van der Waals surface area contributed by atoms with Crippen LogP contribution >= 0.6 is 11.6 Å². The van der Waals surface area contributed by atoms with Gasteiger partial charge in [0.05, 0.1) is 17.4 Å². The van der Waals surface area contributed by atoms with Gasteiger partial charge in [-0.1, -0.05) is 23.7 Å². The summed E-state index contributed by atoms with van der Waals surface area (Å²) in [5.74, 6) is 0.885. The van der Waals surface area contributed by atoms with Gasteiger partial charge < -0.3 is 20.4 Å². The molecule has 0 saturated carbocycles. The summed E-state index contributed by atoms with van der Waals surface area (Å²) in [4.78, 5) is 28.2. The Balaban J connectivity index is 1.21. The lowest BCUT2D eigenvalue weighted by molar-refractivity contribution is 0.0982. The van der Waals surface area contributed by atoms with Gasteiger partial charge in [-0.15, -0.1) is 0 Å². The molecule has 4 heterocycles. The number of piperazine rings is 1. The standard InChI is InChI=1S/C24H24ClN7O/c1-30-14-32(21-5-3-2-4-20(21)25)23(33)19-12-27-24(29-22(19)30)28-15-6-8-17(9-7-15)31-13-16-10-18(31)11-26-16/h2-9,12,16,18,26H,10-11,13-14H2,1H3,(H,27,28,29). The average molecular weight is 462 g/mol. The number of nitrogens with one attached hydrogen (secondary N) is 2. The lowest BCUT2D eigenvalue weighted by Gasteiger charge is -2.35. The van der Waals surface area contributed by atoms with Gasteiger partial charge in [0.25, 0.3) is 5.91 Å². The largest absolute Gasteiger partial charge is 0.366 e. The summed E-state index contributed by atoms with van der Waals surface area (Å²) in [6, 6.07) is 16.9. The summed E-state index contributed by atoms with van der Waals surface area (Å²) in [5.41, 5.74) is 3.27. The van der Waals surface area contributed by atoms with Gasteiger partial charge >= 0.3 is 0 Å². The van der Waals surface area contributed by atoms with Crippen molar-refractivity contribution in [1.29, 1.82) is 0 Å². The van der Waals surface area contributed by atoms with Crippen LogP contribution < -0.4 is 25.3 Å². The van der Waals surface area contributed by atoms with E-state index in [2.05, 4.69) is 37.6 Å². The van der Waals surface area contributed by atoms with Crippen LogP contribution in [0.2, 0.25) is 5.02 Å². The maximum Gasteiger partial charge on any atom is 0.265 e. The fourth-order valence-electron chi connectivity index (χ4n) is 4.96. The summed E-state index contributed by atoms with van der Waals surface area (Å²) in [7, 11) is 1.90. The quantitative estimate of drug-likeness (QED) is 0.616. The highest BCUT2D eigenvalue weighted by Crippen LogP contribution is 2.33. The number of hydrogen-bond acceptors (Lipinski definition) is 7. The van der Waals surface area contributed by atoms with Crippen LogP contribution in [0.5, 0.6) is 0 Å². The second-order valence-electron chi connectivity index (χ2n) is 8.77. The number of nitrogens with zero attached hydrogens (tertiary/aromatic N) is 5. The van der Waals surface area contributed by atoms with Gasteiger partial charge in [-0.3, -0.25) is 9.69 Å². The Bertz CT molecular complexity index is 1220. The SMILES string of the molecule is CN1CN(c2ccccc2Cl)C(=O)c2cnc(Nc3ccc(N4CC5CC4CN5)cc3)nc21. The summed E-state index contributed by atoms with van der Waals surface area (Å²) >= 11 is 6.32. The van der Waals surface area contributed by atoms with Crippen LogP contribution in [0.15, 0.2) is 54.7 Å². The summed E-state index contributed by atoms with van der Waals surface area (Å²) in [5, 5.41) is 7.34. The molecule has 1 aromatic heterocycles. The van der Waals surface area contributed by atoms with Crippen LogP contribution in [-0.4, -0.2) is 54.8 Å². The Morgan fingerprint density at radius 2 is 1.97 bits per heavy atom. The highest BCUT2D eigenvalue weighted by atomic mass is 35.5. The molecule has 0 radical (unpaired) electrons. The van der Waals surface area contributed by atoms with E-state index in [0.29, 0.717) is 46.8 Å². The smallest absolute Gasteiger partial charge is 0.265 e. The molecule has 2 atom stereocenters. The molecule has 2 unspecified atom stereocenters. The first-order valence-electron chi connectivity index (χ1n) is 11.1. The third-order valence-corrected chi connectivity index (χ3v) is 6.93. The molecule has 1 amide bonds. The van der Waals surface area contributed by atoms with Gasteiger partial charge in [0.15, 0.2) is 0 Å². The first kappa shape index (κ1) is 20.3. The van der Waals surface area contributed by atoms with Crippen molar-refractivity contribution in [2.75, 3.05) is 46.8 Å². The fraction of sp³-hybridized carbons (Fsp3) is 0.292. The molecular formula is C24H24ClN7O. The molecule has 9 heteroatoms. The summed E-state index contributed by atoms with van der Waals surface area (Å²) in [6.07, 6.45) is 2.80. The predicted octanol–water partition coefficient (Wildman–Crippen LogP) is 3.48. The van der Waals surface area contributed by atoms with E-state index < -0.39 is 0 Å². The topological polar surface area (TPSA) is 76.6 Å². The van der Waals surface area contributed by atoms with Gasteiger partial charge in [-0.2, -0.15) is 4.98 Å². The van der Waals surface area contributed by atoms with E-state index in [1.807, 2.05) is 42.3 Å². The first-order chi connectivity index (χ1) is 16.1. The van der Waals surface area contributed by atoms with Crippen molar-refractivity contribution < 1.29 is 4.79 Å². The number of carbonyl (C=O) groups excluding carboxylic acids is 1. The van der Waals surface area contributed by atoms with Crippen molar-refractivity contribution in [3.63, 3.8) is 0 Å². The number of carbonyl (C=O) groups is 1. The number of fused-ring (bicyclic) bond motifs is 3. The number of para-hydroxylation sites is 1. The van der Waals surface area contributed by atoms with Gasteiger partial charge in [0.1, 0.15) is 11.4 Å². The van der Waals surface area contributed by atoms with Crippen molar-refractivity contribution in [2.45, 2.75) is 18.5 Å². The van der Waals surface area contributed by atoms with Crippen molar-refractivity contribution in [3.05, 3.63) is 65.3 Å². The van der Waals surface area contributed by atoms with Gasteiger partial charge in [-0.25, -0.2) is 4.98 Å². The zero-order chi connectivity index (χ0) is 22.5. The van der Waals surface area contributed by atoms with Gasteiger partial charge in [0, 0.05) is 49.8 Å². The molecule has 3 aliphatic rings. The molecule has 2 saturated heterocycles. The van der Waals surface area contributed by atoms with Crippen LogP contribution in [-0.2, 0) is 0 Å². The van der Waals surface area contributed by atoms with E-state index in [-0.39, 0.29) is 5.91 Å². The Hall–Kier alpha value is -3.36. The number of amides is 1. The van der Waals surface area contributed by atoms with Gasteiger partial charge in [0.2, 0.25) is 5.95 Å². The molecule has 2 aromatic carbocycles. The molecule has 3 aliphatic heterocycles. The highest BCUT2D eigenvalue weighted by Gasteiger charge is 2.37. The van der Waals surface area contributed by atoms with E-state index in [9.17, 15) is 4.79 Å². The van der Waals surface area contributed by atoms with Crippen LogP contribution in [0.4, 0.5) is 28.8 Å². The summed E-state index contributed by atoms with van der Waals surface area (Å²) in [6.45, 7) is 2.48. The average Bonchev–Trinajstić information content (AvgIpc) is 3.46. The second kappa shape index (κ2) is 7.90. The molecule has 0 spiro atoms. The molecule has 33 heavy (non-hydrogen) atoms. The van der Waals surface area contributed by atoms with Crippen molar-refractivity contribution in [1.82, 2.24) is 15.3 Å². The van der Waals surface area contributed by atoms with E-state index in [0.717, 1.165) is 18.8 Å². The van der Waals surface area contributed by atoms with Crippen molar-refractivity contribution in [3.8, 4) is 0 Å². The maximum absolute atomic E-state index is 13.1.